The van der Waals surface area contributed by atoms with E-state index in [2.05, 4.69) is 15.3 Å². The molecule has 1 atom stereocenters. The van der Waals surface area contributed by atoms with E-state index in [4.69, 9.17) is 5.73 Å². The highest BCUT2D eigenvalue weighted by Crippen LogP contribution is 2.26. The highest BCUT2D eigenvalue weighted by molar-refractivity contribution is 8.00. The van der Waals surface area contributed by atoms with Crippen LogP contribution in [0, 0.1) is 0 Å². The van der Waals surface area contributed by atoms with E-state index in [1.165, 1.54) is 18.6 Å². The molecular weight excluding hydrogens is 268 g/mol. The summed E-state index contributed by atoms with van der Waals surface area (Å²) in [6.07, 6.45) is 2.60. The Morgan fingerprint density at radius 2 is 2.10 bits per heavy atom. The monoisotopic (exact) mass is 286 g/mol. The van der Waals surface area contributed by atoms with Gasteiger partial charge in [-0.25, -0.2) is 9.97 Å². The summed E-state index contributed by atoms with van der Waals surface area (Å²) in [7, 11) is 0. The van der Waals surface area contributed by atoms with Crippen LogP contribution >= 0.6 is 11.8 Å². The van der Waals surface area contributed by atoms with Gasteiger partial charge in [-0.2, -0.15) is 11.8 Å². The number of hydrogen-bond acceptors (Lipinski definition) is 5. The van der Waals surface area contributed by atoms with Gasteiger partial charge in [0, 0.05) is 23.4 Å². The molecule has 2 aromatic rings. The molecule has 104 valence electrons. The first-order chi connectivity index (χ1) is 9.81. The van der Waals surface area contributed by atoms with Gasteiger partial charge in [-0.1, -0.05) is 30.3 Å². The molecule has 0 radical (unpaired) electrons. The predicted molar refractivity (Wildman–Crippen MR) is 85.9 cm³/mol. The molecule has 0 spiro atoms. The van der Waals surface area contributed by atoms with Gasteiger partial charge in [-0.05, 0) is 18.6 Å². The summed E-state index contributed by atoms with van der Waals surface area (Å²) in [4.78, 5) is 8.86. The lowest BCUT2D eigenvalue weighted by atomic mass is 10.2. The number of rotatable bonds is 4. The SMILES string of the molecule is Nc1cc(NCC2CCCS2)nc(-c2ccccc2)n1. The van der Waals surface area contributed by atoms with Crippen molar-refractivity contribution in [2.45, 2.75) is 18.1 Å². The van der Waals surface area contributed by atoms with Crippen molar-refractivity contribution in [3.63, 3.8) is 0 Å². The fourth-order valence-corrected chi connectivity index (χ4v) is 3.50. The maximum Gasteiger partial charge on any atom is 0.163 e. The Morgan fingerprint density at radius 3 is 2.85 bits per heavy atom. The molecule has 1 aliphatic rings. The molecule has 1 unspecified atom stereocenters. The van der Waals surface area contributed by atoms with E-state index in [0.29, 0.717) is 16.9 Å². The fourth-order valence-electron chi connectivity index (χ4n) is 2.30. The molecule has 1 aromatic heterocycles. The third-order valence-electron chi connectivity index (χ3n) is 3.31. The molecule has 3 rings (SSSR count). The summed E-state index contributed by atoms with van der Waals surface area (Å²) < 4.78 is 0. The summed E-state index contributed by atoms with van der Waals surface area (Å²) in [5, 5.41) is 4.07. The number of aromatic nitrogens is 2. The number of thioether (sulfide) groups is 1. The Kier molecular flexibility index (Phi) is 4.06. The van der Waals surface area contributed by atoms with Crippen molar-refractivity contribution in [1.82, 2.24) is 9.97 Å². The van der Waals surface area contributed by atoms with E-state index in [9.17, 15) is 0 Å². The van der Waals surface area contributed by atoms with Crippen molar-refractivity contribution in [2.75, 3.05) is 23.3 Å². The topological polar surface area (TPSA) is 63.8 Å². The van der Waals surface area contributed by atoms with Crippen LogP contribution in [0.4, 0.5) is 11.6 Å². The molecule has 0 bridgehead atoms. The van der Waals surface area contributed by atoms with Gasteiger partial charge in [0.1, 0.15) is 11.6 Å². The molecule has 5 heteroatoms. The first-order valence-electron chi connectivity index (χ1n) is 6.87. The normalized spacial score (nSPS) is 18.1. The second-order valence-corrected chi connectivity index (χ2v) is 6.29. The smallest absolute Gasteiger partial charge is 0.163 e. The molecule has 20 heavy (non-hydrogen) atoms. The van der Waals surface area contributed by atoms with Crippen molar-refractivity contribution < 1.29 is 0 Å². The second-order valence-electron chi connectivity index (χ2n) is 4.88. The number of hydrogen-bond donors (Lipinski definition) is 2. The second kappa shape index (κ2) is 6.13. The summed E-state index contributed by atoms with van der Waals surface area (Å²) in [5.74, 6) is 3.25. The van der Waals surface area contributed by atoms with Crippen LogP contribution in [-0.4, -0.2) is 27.5 Å². The minimum Gasteiger partial charge on any atom is -0.384 e. The molecular formula is C15H18N4S. The largest absolute Gasteiger partial charge is 0.384 e. The molecule has 1 aromatic carbocycles. The van der Waals surface area contributed by atoms with Crippen molar-refractivity contribution in [3.8, 4) is 11.4 Å². The van der Waals surface area contributed by atoms with Crippen LogP contribution in [0.25, 0.3) is 11.4 Å². The number of nitrogens with zero attached hydrogens (tertiary/aromatic N) is 2. The van der Waals surface area contributed by atoms with Crippen LogP contribution in [0.5, 0.6) is 0 Å². The third-order valence-corrected chi connectivity index (χ3v) is 4.71. The van der Waals surface area contributed by atoms with E-state index in [1.54, 1.807) is 6.07 Å². The Labute approximate surface area is 123 Å². The van der Waals surface area contributed by atoms with Crippen LogP contribution in [0.15, 0.2) is 36.4 Å². The highest BCUT2D eigenvalue weighted by atomic mass is 32.2. The van der Waals surface area contributed by atoms with Crippen LogP contribution in [0.3, 0.4) is 0 Å². The van der Waals surface area contributed by atoms with Gasteiger partial charge in [0.25, 0.3) is 0 Å². The van der Waals surface area contributed by atoms with Gasteiger partial charge in [0.15, 0.2) is 5.82 Å². The van der Waals surface area contributed by atoms with E-state index >= 15 is 0 Å². The maximum absolute atomic E-state index is 5.88. The van der Waals surface area contributed by atoms with Gasteiger partial charge in [-0.3, -0.25) is 0 Å². The lowest BCUT2D eigenvalue weighted by Crippen LogP contribution is -2.15. The van der Waals surface area contributed by atoms with E-state index < -0.39 is 0 Å². The maximum atomic E-state index is 5.88. The first kappa shape index (κ1) is 13.2. The summed E-state index contributed by atoms with van der Waals surface area (Å²) in [5.41, 5.74) is 6.87. The quantitative estimate of drug-likeness (QED) is 0.904. The Morgan fingerprint density at radius 1 is 1.25 bits per heavy atom. The number of nitrogen functional groups attached to an aromatic ring is 1. The molecule has 1 fully saturated rings. The first-order valence-corrected chi connectivity index (χ1v) is 7.91. The minimum atomic E-state index is 0.500. The third kappa shape index (κ3) is 3.22. The molecule has 3 N–H and O–H groups in total. The van der Waals surface area contributed by atoms with Crippen molar-refractivity contribution >= 4 is 23.4 Å². The Bertz CT molecular complexity index is 567. The number of benzene rings is 1. The Balaban J connectivity index is 1.76. The van der Waals surface area contributed by atoms with Gasteiger partial charge in [-0.15, -0.1) is 0 Å². The van der Waals surface area contributed by atoms with Crippen LogP contribution in [0.1, 0.15) is 12.8 Å². The van der Waals surface area contributed by atoms with Gasteiger partial charge >= 0.3 is 0 Å². The fraction of sp³-hybridized carbons (Fsp3) is 0.333. The standard InChI is InChI=1S/C15H18N4S/c16-13-9-14(17-10-12-7-4-8-20-12)19-15(18-13)11-5-2-1-3-6-11/h1-3,5-6,9,12H,4,7-8,10H2,(H3,16,17,18,19). The Hall–Kier alpha value is -1.75. The lowest BCUT2D eigenvalue weighted by molar-refractivity contribution is 0.803. The summed E-state index contributed by atoms with van der Waals surface area (Å²) in [6.45, 7) is 0.940. The predicted octanol–water partition coefficient (Wildman–Crippen LogP) is 3.03. The van der Waals surface area contributed by atoms with Crippen LogP contribution < -0.4 is 11.1 Å². The molecule has 1 aliphatic heterocycles. The zero-order valence-electron chi connectivity index (χ0n) is 11.2. The van der Waals surface area contributed by atoms with Crippen molar-refractivity contribution in [1.29, 1.82) is 0 Å². The van der Waals surface area contributed by atoms with Gasteiger partial charge in [0.05, 0.1) is 0 Å². The average Bonchev–Trinajstić information content (AvgIpc) is 2.99. The summed E-state index contributed by atoms with van der Waals surface area (Å²) >= 11 is 2.03. The number of anilines is 2. The van der Waals surface area contributed by atoms with E-state index in [1.807, 2.05) is 42.1 Å². The zero-order valence-corrected chi connectivity index (χ0v) is 12.1. The van der Waals surface area contributed by atoms with Gasteiger partial charge < -0.3 is 11.1 Å². The van der Waals surface area contributed by atoms with Crippen LogP contribution in [0.2, 0.25) is 0 Å². The summed E-state index contributed by atoms with van der Waals surface area (Å²) in [6, 6.07) is 11.7. The molecule has 4 nitrogen and oxygen atoms in total. The van der Waals surface area contributed by atoms with Crippen LogP contribution in [-0.2, 0) is 0 Å². The average molecular weight is 286 g/mol. The van der Waals surface area contributed by atoms with Crippen molar-refractivity contribution in [3.05, 3.63) is 36.4 Å². The van der Waals surface area contributed by atoms with E-state index in [-0.39, 0.29) is 0 Å². The molecule has 1 saturated heterocycles. The minimum absolute atomic E-state index is 0.500. The molecule has 0 amide bonds. The molecule has 2 heterocycles. The van der Waals surface area contributed by atoms with Crippen molar-refractivity contribution in [2.24, 2.45) is 0 Å². The zero-order chi connectivity index (χ0) is 13.8. The van der Waals surface area contributed by atoms with E-state index in [0.717, 1.165) is 17.9 Å². The lowest BCUT2D eigenvalue weighted by Gasteiger charge is -2.12. The molecule has 0 saturated carbocycles. The van der Waals surface area contributed by atoms with Gasteiger partial charge in [0.2, 0.25) is 0 Å². The molecule has 0 aliphatic carbocycles. The highest BCUT2D eigenvalue weighted by Gasteiger charge is 2.15. The number of nitrogens with two attached hydrogens (primary N) is 1. The number of nitrogens with one attached hydrogen (secondary N) is 1.